The van der Waals surface area contributed by atoms with E-state index in [2.05, 4.69) is 15.3 Å². The van der Waals surface area contributed by atoms with Crippen LogP contribution >= 0.6 is 0 Å². The van der Waals surface area contributed by atoms with Crippen LogP contribution in [0.5, 0.6) is 0 Å². The first kappa shape index (κ1) is 4.55. The lowest BCUT2D eigenvalue weighted by Gasteiger charge is -1.92. The molecule has 0 fully saturated rings. The average molecular weight is 102 g/mol. The lowest BCUT2D eigenvalue weighted by Crippen LogP contribution is -2.19. The van der Waals surface area contributed by atoms with Gasteiger partial charge in [-0.2, -0.15) is 0 Å². The fraction of sp³-hybridized carbons (Fsp3) is 0.667. The Hall–Kier alpha value is -0.610. The lowest BCUT2D eigenvalue weighted by atomic mass is 10.8. The van der Waals surface area contributed by atoms with Gasteiger partial charge in [0.05, 0.1) is 0 Å². The highest BCUT2D eigenvalue weighted by Crippen LogP contribution is 1.91. The molecule has 1 rings (SSSR count). The number of hydrogen-bond donors (Lipinski definition) is 2. The smallest absolute Gasteiger partial charge is 0.236 e. The van der Waals surface area contributed by atoms with E-state index >= 15 is 0 Å². The van der Waals surface area contributed by atoms with Gasteiger partial charge in [-0.15, -0.1) is 5.48 Å². The molecule has 1 heterocycles. The molecule has 0 saturated heterocycles. The van der Waals surface area contributed by atoms with E-state index < -0.39 is 6.35 Å². The minimum atomic E-state index is -0.861. The van der Waals surface area contributed by atoms with Gasteiger partial charge >= 0.3 is 0 Å². The first-order valence-electron chi connectivity index (χ1n) is 1.94. The highest BCUT2D eigenvalue weighted by Gasteiger charge is 2.08. The molecule has 2 N–H and O–H groups in total. The third kappa shape index (κ3) is 0.880. The third-order valence-corrected chi connectivity index (χ3v) is 0.616. The van der Waals surface area contributed by atoms with Crippen LogP contribution in [0.1, 0.15) is 6.92 Å². The van der Waals surface area contributed by atoms with Crippen molar-refractivity contribution in [2.75, 3.05) is 0 Å². The zero-order valence-electron chi connectivity index (χ0n) is 3.88. The third-order valence-electron chi connectivity index (χ3n) is 0.616. The van der Waals surface area contributed by atoms with Gasteiger partial charge in [0.15, 0.2) is 0 Å². The van der Waals surface area contributed by atoms with E-state index in [1.54, 1.807) is 6.92 Å². The maximum absolute atomic E-state index is 8.48. The number of nitrogens with zero attached hydrogens (tertiary/aromatic N) is 1. The summed E-state index contributed by atoms with van der Waals surface area (Å²) in [6.45, 7) is 1.66. The van der Waals surface area contributed by atoms with E-state index in [-0.39, 0.29) is 0 Å². The van der Waals surface area contributed by atoms with Crippen LogP contribution in [0, 0.1) is 0 Å². The fourth-order valence-electron chi connectivity index (χ4n) is 0.363. The predicted octanol–water partition coefficient (Wildman–Crippen LogP) is -0.784. The van der Waals surface area contributed by atoms with Crippen molar-refractivity contribution >= 4 is 5.90 Å². The molecule has 1 aliphatic rings. The van der Waals surface area contributed by atoms with Gasteiger partial charge in [-0.3, -0.25) is 0 Å². The number of hydrogen-bond acceptors (Lipinski definition) is 4. The molecule has 7 heavy (non-hydrogen) atoms. The van der Waals surface area contributed by atoms with Crippen molar-refractivity contribution in [3.63, 3.8) is 0 Å². The fourth-order valence-corrected chi connectivity index (χ4v) is 0.363. The Bertz CT molecular complexity index is 101. The van der Waals surface area contributed by atoms with Crippen molar-refractivity contribution < 1.29 is 9.94 Å². The van der Waals surface area contributed by atoms with Crippen LogP contribution < -0.4 is 5.48 Å². The van der Waals surface area contributed by atoms with Crippen LogP contribution in [-0.2, 0) is 4.84 Å². The maximum Gasteiger partial charge on any atom is 0.236 e. The molecule has 0 bridgehead atoms. The Morgan fingerprint density at radius 1 is 2.00 bits per heavy atom. The number of aliphatic imine (C=N–C) groups is 1. The number of aliphatic hydroxyl groups is 1. The molecule has 1 atom stereocenters. The summed E-state index contributed by atoms with van der Waals surface area (Å²) < 4.78 is 0. The van der Waals surface area contributed by atoms with E-state index in [4.69, 9.17) is 5.11 Å². The molecule has 0 spiro atoms. The van der Waals surface area contributed by atoms with Gasteiger partial charge in [0.2, 0.25) is 12.2 Å². The van der Waals surface area contributed by atoms with E-state index in [0.717, 1.165) is 0 Å². The van der Waals surface area contributed by atoms with Crippen molar-refractivity contribution in [2.45, 2.75) is 13.3 Å². The van der Waals surface area contributed by atoms with Crippen molar-refractivity contribution in [1.82, 2.24) is 5.48 Å². The second-order valence-corrected chi connectivity index (χ2v) is 1.24. The molecule has 0 aliphatic carbocycles. The zero-order valence-corrected chi connectivity index (χ0v) is 3.88. The van der Waals surface area contributed by atoms with E-state index in [1.165, 1.54) is 0 Å². The minimum Gasteiger partial charge on any atom is -0.389 e. The molecular weight excluding hydrogens is 96.0 g/mol. The van der Waals surface area contributed by atoms with Crippen molar-refractivity contribution in [3.8, 4) is 0 Å². The van der Waals surface area contributed by atoms with Crippen molar-refractivity contribution in [2.24, 2.45) is 4.99 Å². The van der Waals surface area contributed by atoms with Crippen LogP contribution in [0.4, 0.5) is 0 Å². The van der Waals surface area contributed by atoms with E-state index in [1.807, 2.05) is 0 Å². The Labute approximate surface area is 40.8 Å². The van der Waals surface area contributed by atoms with Gasteiger partial charge < -0.3 is 9.94 Å². The molecule has 0 radical (unpaired) electrons. The number of aliphatic hydroxyl groups excluding tert-OH is 1. The molecule has 0 saturated carbocycles. The van der Waals surface area contributed by atoms with Gasteiger partial charge in [-0.25, -0.2) is 4.99 Å². The van der Waals surface area contributed by atoms with E-state index in [0.29, 0.717) is 5.90 Å². The monoisotopic (exact) mass is 102 g/mol. The van der Waals surface area contributed by atoms with Gasteiger partial charge in [-0.05, 0) is 0 Å². The quantitative estimate of drug-likeness (QED) is 0.421. The van der Waals surface area contributed by atoms with Crippen LogP contribution in [0.15, 0.2) is 4.99 Å². The molecule has 0 aromatic heterocycles. The normalized spacial score (nSPS) is 29.4. The topological polar surface area (TPSA) is 53.9 Å². The Balaban J connectivity index is 2.50. The summed E-state index contributed by atoms with van der Waals surface area (Å²) in [4.78, 5) is 8.04. The highest BCUT2D eigenvalue weighted by atomic mass is 16.7. The summed E-state index contributed by atoms with van der Waals surface area (Å²) in [5.74, 6) is 0.465. The summed E-state index contributed by atoms with van der Waals surface area (Å²) in [7, 11) is 0. The second kappa shape index (κ2) is 1.48. The summed E-state index contributed by atoms with van der Waals surface area (Å²) in [5.41, 5.74) is 2.22. The highest BCUT2D eigenvalue weighted by molar-refractivity contribution is 5.73. The Kier molecular flexibility index (Phi) is 0.958. The van der Waals surface area contributed by atoms with Gasteiger partial charge in [0, 0.05) is 6.92 Å². The summed E-state index contributed by atoms with van der Waals surface area (Å²) in [5, 5.41) is 8.48. The first-order valence-corrected chi connectivity index (χ1v) is 1.94. The number of hydroxylamine groups is 1. The zero-order chi connectivity index (χ0) is 5.28. The van der Waals surface area contributed by atoms with Crippen molar-refractivity contribution in [1.29, 1.82) is 0 Å². The van der Waals surface area contributed by atoms with Gasteiger partial charge in [-0.1, -0.05) is 0 Å². The van der Waals surface area contributed by atoms with Gasteiger partial charge in [0.25, 0.3) is 0 Å². The molecule has 1 aliphatic heterocycles. The van der Waals surface area contributed by atoms with Crippen molar-refractivity contribution in [3.05, 3.63) is 0 Å². The molecular formula is C3H6N2O2. The summed E-state index contributed by atoms with van der Waals surface area (Å²) in [6, 6.07) is 0. The van der Waals surface area contributed by atoms with Crippen LogP contribution in [0.3, 0.4) is 0 Å². The molecule has 4 heteroatoms. The Morgan fingerprint density at radius 3 is 2.86 bits per heavy atom. The largest absolute Gasteiger partial charge is 0.389 e. The molecule has 0 aromatic rings. The van der Waals surface area contributed by atoms with Crippen LogP contribution in [0.25, 0.3) is 0 Å². The molecule has 1 unspecified atom stereocenters. The molecule has 0 amide bonds. The minimum absolute atomic E-state index is 0.465. The Morgan fingerprint density at radius 2 is 2.71 bits per heavy atom. The van der Waals surface area contributed by atoms with Crippen LogP contribution in [0.2, 0.25) is 0 Å². The predicted molar refractivity (Wildman–Crippen MR) is 23.3 cm³/mol. The molecule has 4 nitrogen and oxygen atoms in total. The molecule has 40 valence electrons. The molecule has 0 aromatic carbocycles. The summed E-state index contributed by atoms with van der Waals surface area (Å²) in [6.07, 6.45) is -0.861. The standard InChI is InChI=1S/C3H6N2O2/c1-2-4-3(6)5-7-2/h3,5-6H,1H3. The average Bonchev–Trinajstić information content (AvgIpc) is 1.87. The summed E-state index contributed by atoms with van der Waals surface area (Å²) >= 11 is 0. The SMILES string of the molecule is CC1=NC(O)NO1. The first-order chi connectivity index (χ1) is 3.29. The van der Waals surface area contributed by atoms with E-state index in [9.17, 15) is 0 Å². The lowest BCUT2D eigenvalue weighted by molar-refractivity contribution is 0.0489. The van der Waals surface area contributed by atoms with Gasteiger partial charge in [0.1, 0.15) is 0 Å². The maximum atomic E-state index is 8.48. The number of rotatable bonds is 0. The number of nitrogens with one attached hydrogen (secondary N) is 1. The van der Waals surface area contributed by atoms with Crippen LogP contribution in [-0.4, -0.2) is 17.4 Å². The second-order valence-electron chi connectivity index (χ2n) is 1.24.